The predicted molar refractivity (Wildman–Crippen MR) is 277 cm³/mol. The van der Waals surface area contributed by atoms with Crippen LogP contribution in [0.4, 0.5) is 0 Å². The van der Waals surface area contributed by atoms with Gasteiger partial charge in [0.15, 0.2) is 6.29 Å². The predicted octanol–water partition coefficient (Wildman–Crippen LogP) is 14.0. The Balaban J connectivity index is 2.02. The summed E-state index contributed by atoms with van der Waals surface area (Å²) in [5, 5.41) is 54.2. The lowest BCUT2D eigenvalue weighted by atomic mass is 9.99. The minimum Gasteiger partial charge on any atom is -0.394 e. The highest BCUT2D eigenvalue weighted by Crippen LogP contribution is 2.23. The Morgan fingerprint density at radius 2 is 0.833 bits per heavy atom. The van der Waals surface area contributed by atoms with Gasteiger partial charge in [0.25, 0.3) is 0 Å². The number of rotatable bonds is 50. The maximum absolute atomic E-state index is 13.0. The molecule has 1 rings (SSSR count). The number of carbonyl (C=O) groups is 1. The van der Waals surface area contributed by atoms with Gasteiger partial charge in [-0.3, -0.25) is 4.79 Å². The molecule has 0 radical (unpaired) electrons. The number of carbonyl (C=O) groups excluding carboxylic acids is 1. The molecule has 7 unspecified atom stereocenters. The lowest BCUT2D eigenvalue weighted by Crippen LogP contribution is -2.60. The molecule has 1 heterocycles. The van der Waals surface area contributed by atoms with E-state index in [1.54, 1.807) is 6.08 Å². The summed E-state index contributed by atoms with van der Waals surface area (Å²) in [5.74, 6) is -0.173. The molecule has 392 valence electrons. The van der Waals surface area contributed by atoms with Gasteiger partial charge in [0.05, 0.1) is 25.4 Å². The van der Waals surface area contributed by atoms with Gasteiger partial charge in [-0.2, -0.15) is 0 Å². The summed E-state index contributed by atoms with van der Waals surface area (Å²) in [5.41, 5.74) is 0. The van der Waals surface area contributed by atoms with Crippen LogP contribution in [0.2, 0.25) is 0 Å². The van der Waals surface area contributed by atoms with E-state index in [0.29, 0.717) is 6.42 Å². The fraction of sp³-hybridized carbons (Fsp3) is 0.947. The second-order valence-corrected chi connectivity index (χ2v) is 20.5. The van der Waals surface area contributed by atoms with Crippen molar-refractivity contribution < 1.29 is 39.8 Å². The number of aliphatic hydroxyl groups excluding tert-OH is 5. The molecule has 0 spiro atoms. The lowest BCUT2D eigenvalue weighted by molar-refractivity contribution is -0.302. The van der Waals surface area contributed by atoms with Crippen molar-refractivity contribution in [3.05, 3.63) is 12.2 Å². The van der Waals surface area contributed by atoms with Gasteiger partial charge < -0.3 is 40.3 Å². The molecule has 1 aliphatic heterocycles. The number of unbranched alkanes of at least 4 members (excludes halogenated alkanes) is 40. The Kier molecular flexibility index (Phi) is 45.4. The van der Waals surface area contributed by atoms with Crippen molar-refractivity contribution >= 4 is 5.91 Å². The van der Waals surface area contributed by atoms with E-state index >= 15 is 0 Å². The fourth-order valence-corrected chi connectivity index (χ4v) is 9.51. The van der Waals surface area contributed by atoms with Gasteiger partial charge in [0, 0.05) is 6.42 Å². The second kappa shape index (κ2) is 47.6. The molecule has 1 aliphatic rings. The number of aliphatic hydroxyl groups is 5. The number of ether oxygens (including phenoxy) is 2. The minimum absolute atomic E-state index is 0.173. The highest BCUT2D eigenvalue weighted by atomic mass is 16.7. The summed E-state index contributed by atoms with van der Waals surface area (Å²) < 4.78 is 11.2. The first-order valence-electron chi connectivity index (χ1n) is 28.9. The van der Waals surface area contributed by atoms with E-state index in [1.807, 2.05) is 6.08 Å². The average molecular weight is 939 g/mol. The van der Waals surface area contributed by atoms with Gasteiger partial charge in [-0.1, -0.05) is 276 Å². The van der Waals surface area contributed by atoms with Gasteiger partial charge in [0.2, 0.25) is 5.91 Å². The molecule has 6 N–H and O–H groups in total. The van der Waals surface area contributed by atoms with Crippen molar-refractivity contribution in [1.29, 1.82) is 0 Å². The van der Waals surface area contributed by atoms with E-state index < -0.39 is 49.5 Å². The van der Waals surface area contributed by atoms with E-state index in [9.17, 15) is 30.3 Å². The number of allylic oxidation sites excluding steroid dienone is 1. The Morgan fingerprint density at radius 3 is 1.18 bits per heavy atom. The largest absolute Gasteiger partial charge is 0.394 e. The van der Waals surface area contributed by atoms with Gasteiger partial charge in [-0.25, -0.2) is 0 Å². The minimum atomic E-state index is -1.56. The summed E-state index contributed by atoms with van der Waals surface area (Å²) >= 11 is 0. The molecule has 0 aliphatic carbocycles. The summed E-state index contributed by atoms with van der Waals surface area (Å²) in [6.07, 6.45) is 51.8. The Morgan fingerprint density at radius 1 is 0.500 bits per heavy atom. The van der Waals surface area contributed by atoms with Gasteiger partial charge in [-0.05, 0) is 19.3 Å². The third-order valence-electron chi connectivity index (χ3n) is 14.1. The zero-order chi connectivity index (χ0) is 48.0. The molecule has 1 saturated heterocycles. The summed E-state index contributed by atoms with van der Waals surface area (Å²) in [4.78, 5) is 13.0. The zero-order valence-electron chi connectivity index (χ0n) is 43.5. The molecular formula is C57H111NO8. The highest BCUT2D eigenvalue weighted by Gasteiger charge is 2.44. The van der Waals surface area contributed by atoms with Crippen molar-refractivity contribution in [2.45, 2.75) is 333 Å². The van der Waals surface area contributed by atoms with Crippen molar-refractivity contribution in [2.75, 3.05) is 13.2 Å². The number of hydrogen-bond acceptors (Lipinski definition) is 8. The van der Waals surface area contributed by atoms with Crippen LogP contribution in [-0.2, 0) is 14.3 Å². The molecule has 0 aromatic rings. The SMILES string of the molecule is CCCCCCCCC/C=C/C(O)C(COC1OC(CO)C(O)C(O)C1O)NC(=O)CCCCCCCCCCCCCCCCCCCCCCCCCCCCCCCCCCCC. The van der Waals surface area contributed by atoms with Crippen LogP contribution in [0.5, 0.6) is 0 Å². The first-order valence-corrected chi connectivity index (χ1v) is 28.9. The first-order chi connectivity index (χ1) is 32.3. The normalized spacial score (nSPS) is 19.8. The smallest absolute Gasteiger partial charge is 0.220 e. The maximum atomic E-state index is 13.0. The molecule has 1 amide bonds. The van der Waals surface area contributed by atoms with E-state index in [1.165, 1.54) is 231 Å². The van der Waals surface area contributed by atoms with Gasteiger partial charge >= 0.3 is 0 Å². The zero-order valence-corrected chi connectivity index (χ0v) is 43.5. The molecule has 0 aromatic heterocycles. The lowest BCUT2D eigenvalue weighted by Gasteiger charge is -2.40. The van der Waals surface area contributed by atoms with Crippen LogP contribution < -0.4 is 5.32 Å². The van der Waals surface area contributed by atoms with Crippen LogP contribution >= 0.6 is 0 Å². The van der Waals surface area contributed by atoms with Crippen LogP contribution in [0.3, 0.4) is 0 Å². The summed E-state index contributed by atoms with van der Waals surface area (Å²) in [6, 6.07) is -0.798. The Hall–Kier alpha value is -1.07. The molecule has 0 bridgehead atoms. The van der Waals surface area contributed by atoms with Crippen LogP contribution in [0.25, 0.3) is 0 Å². The molecule has 0 saturated carbocycles. The molecule has 9 heteroatoms. The van der Waals surface area contributed by atoms with E-state index in [0.717, 1.165) is 38.5 Å². The third-order valence-corrected chi connectivity index (χ3v) is 14.1. The van der Waals surface area contributed by atoms with Crippen molar-refractivity contribution in [1.82, 2.24) is 5.32 Å². The standard InChI is InChI=1S/C57H111NO8/c1-3-5-7-9-11-13-14-15-16-17-18-19-20-21-22-23-24-25-26-27-28-29-30-31-32-33-34-35-36-37-39-41-43-45-47-53(61)58-50(51(60)46-44-42-40-38-12-10-8-6-4-2)49-65-57-56(64)55(63)54(62)52(48-59)66-57/h44,46,50-52,54-57,59-60,62-64H,3-43,45,47-49H2,1-2H3,(H,58,61)/b46-44+. The molecule has 9 nitrogen and oxygen atoms in total. The van der Waals surface area contributed by atoms with Crippen molar-refractivity contribution in [3.63, 3.8) is 0 Å². The van der Waals surface area contributed by atoms with Crippen LogP contribution in [-0.4, -0.2) is 87.5 Å². The third kappa shape index (κ3) is 36.9. The van der Waals surface area contributed by atoms with Crippen LogP contribution in [0.15, 0.2) is 12.2 Å². The topological polar surface area (TPSA) is 149 Å². The number of hydrogen-bond donors (Lipinski definition) is 6. The monoisotopic (exact) mass is 938 g/mol. The Bertz CT molecular complexity index is 1040. The molecule has 7 atom stereocenters. The Labute approximate surface area is 407 Å². The molecule has 1 fully saturated rings. The highest BCUT2D eigenvalue weighted by molar-refractivity contribution is 5.76. The van der Waals surface area contributed by atoms with Gasteiger partial charge in [-0.15, -0.1) is 0 Å². The quantitative estimate of drug-likeness (QED) is 0.0261. The summed E-state index contributed by atoms with van der Waals surface area (Å²) in [7, 11) is 0. The van der Waals surface area contributed by atoms with E-state index in [2.05, 4.69) is 19.2 Å². The van der Waals surface area contributed by atoms with E-state index in [-0.39, 0.29) is 12.5 Å². The first kappa shape index (κ1) is 62.9. The van der Waals surface area contributed by atoms with Crippen molar-refractivity contribution in [2.24, 2.45) is 0 Å². The molecule has 0 aromatic carbocycles. The molecular weight excluding hydrogens is 827 g/mol. The second-order valence-electron chi connectivity index (χ2n) is 20.5. The van der Waals surface area contributed by atoms with Crippen LogP contribution in [0.1, 0.15) is 290 Å². The van der Waals surface area contributed by atoms with Gasteiger partial charge in [0.1, 0.15) is 24.4 Å². The fourth-order valence-electron chi connectivity index (χ4n) is 9.51. The van der Waals surface area contributed by atoms with E-state index in [4.69, 9.17) is 9.47 Å². The molecule has 66 heavy (non-hydrogen) atoms. The maximum Gasteiger partial charge on any atom is 0.220 e. The summed E-state index contributed by atoms with van der Waals surface area (Å²) in [6.45, 7) is 3.77. The number of amides is 1. The average Bonchev–Trinajstić information content (AvgIpc) is 3.32. The number of nitrogens with one attached hydrogen (secondary N) is 1. The van der Waals surface area contributed by atoms with Crippen molar-refractivity contribution in [3.8, 4) is 0 Å². The van der Waals surface area contributed by atoms with Crippen LogP contribution in [0, 0.1) is 0 Å².